The first kappa shape index (κ1) is 10.7. The van der Waals surface area contributed by atoms with Crippen molar-refractivity contribution in [2.24, 2.45) is 5.73 Å². The molecule has 1 atom stereocenters. The number of nitrogens with two attached hydrogens (primary N) is 1. The van der Waals surface area contributed by atoms with Gasteiger partial charge >= 0.3 is 5.97 Å². The third-order valence-electron chi connectivity index (χ3n) is 2.31. The molecule has 0 radical (unpaired) electrons. The van der Waals surface area contributed by atoms with E-state index in [0.29, 0.717) is 6.54 Å². The van der Waals surface area contributed by atoms with E-state index in [1.807, 2.05) is 24.3 Å². The first-order valence-corrected chi connectivity index (χ1v) is 4.67. The van der Waals surface area contributed by atoms with Crippen molar-refractivity contribution in [1.82, 2.24) is 0 Å². The van der Waals surface area contributed by atoms with Gasteiger partial charge in [0.25, 0.3) is 0 Å². The molecule has 0 aliphatic rings. The smallest absolute Gasteiger partial charge is 0.310 e. The molecule has 3 nitrogen and oxygen atoms in total. The van der Waals surface area contributed by atoms with E-state index in [0.717, 1.165) is 17.5 Å². The highest BCUT2D eigenvalue weighted by molar-refractivity contribution is 5.76. The number of hydrogen-bond acceptors (Lipinski definition) is 2. The van der Waals surface area contributed by atoms with Crippen LogP contribution < -0.4 is 5.73 Å². The van der Waals surface area contributed by atoms with Crippen molar-refractivity contribution in [2.45, 2.75) is 19.3 Å². The molecule has 1 aromatic rings. The fourth-order valence-corrected chi connectivity index (χ4v) is 1.47. The maximum Gasteiger partial charge on any atom is 0.310 e. The van der Waals surface area contributed by atoms with Gasteiger partial charge in [0, 0.05) is 0 Å². The van der Waals surface area contributed by atoms with Crippen LogP contribution in [0.5, 0.6) is 0 Å². The Morgan fingerprint density at radius 2 is 2.14 bits per heavy atom. The molecular formula is C11H15NO2. The minimum Gasteiger partial charge on any atom is -0.481 e. The predicted octanol–water partition coefficient (Wildman–Crippen LogP) is 1.38. The summed E-state index contributed by atoms with van der Waals surface area (Å²) in [7, 11) is 0. The topological polar surface area (TPSA) is 63.3 Å². The minimum atomic E-state index is -0.797. The van der Waals surface area contributed by atoms with Gasteiger partial charge in [0.1, 0.15) is 0 Å². The zero-order valence-electron chi connectivity index (χ0n) is 8.23. The highest BCUT2D eigenvalue weighted by Crippen LogP contribution is 2.20. The summed E-state index contributed by atoms with van der Waals surface area (Å²) in [6.07, 6.45) is 0.730. The van der Waals surface area contributed by atoms with E-state index in [1.165, 1.54) is 0 Å². The van der Waals surface area contributed by atoms with Crippen LogP contribution in [0.25, 0.3) is 0 Å². The maximum absolute atomic E-state index is 10.8. The Morgan fingerprint density at radius 3 is 2.71 bits per heavy atom. The highest BCUT2D eigenvalue weighted by Gasteiger charge is 2.16. The largest absolute Gasteiger partial charge is 0.481 e. The number of carboxylic acid groups (broad SMARTS) is 1. The second-order valence-corrected chi connectivity index (χ2v) is 3.30. The molecule has 0 fully saturated rings. The van der Waals surface area contributed by atoms with E-state index in [2.05, 4.69) is 0 Å². The summed E-state index contributed by atoms with van der Waals surface area (Å²) < 4.78 is 0. The van der Waals surface area contributed by atoms with Gasteiger partial charge in [0.15, 0.2) is 0 Å². The molecule has 0 saturated heterocycles. The molecule has 0 aromatic heterocycles. The fourth-order valence-electron chi connectivity index (χ4n) is 1.47. The van der Waals surface area contributed by atoms with Crippen LogP contribution in [0.15, 0.2) is 24.3 Å². The van der Waals surface area contributed by atoms with Gasteiger partial charge in [0.2, 0.25) is 0 Å². The SMILES string of the molecule is CC(C(=O)O)c1ccccc1CCN. The van der Waals surface area contributed by atoms with Crippen molar-refractivity contribution in [3.05, 3.63) is 35.4 Å². The standard InChI is InChI=1S/C11H15NO2/c1-8(11(13)14)10-5-3-2-4-9(10)6-7-12/h2-5,8H,6-7,12H2,1H3,(H,13,14). The van der Waals surface area contributed by atoms with E-state index in [-0.39, 0.29) is 0 Å². The molecule has 0 aliphatic carbocycles. The van der Waals surface area contributed by atoms with E-state index in [1.54, 1.807) is 6.92 Å². The summed E-state index contributed by atoms with van der Waals surface area (Å²) in [6.45, 7) is 2.24. The molecule has 14 heavy (non-hydrogen) atoms. The quantitative estimate of drug-likeness (QED) is 0.759. The molecule has 1 aromatic carbocycles. The van der Waals surface area contributed by atoms with Gasteiger partial charge in [-0.2, -0.15) is 0 Å². The number of hydrogen-bond donors (Lipinski definition) is 2. The Kier molecular flexibility index (Phi) is 3.65. The van der Waals surface area contributed by atoms with Crippen molar-refractivity contribution in [2.75, 3.05) is 6.54 Å². The molecule has 76 valence electrons. The Bertz CT molecular complexity index is 323. The van der Waals surface area contributed by atoms with Gasteiger partial charge in [0.05, 0.1) is 5.92 Å². The first-order chi connectivity index (χ1) is 6.66. The summed E-state index contributed by atoms with van der Waals surface area (Å²) in [5, 5.41) is 8.90. The number of benzene rings is 1. The number of aliphatic carboxylic acids is 1. The lowest BCUT2D eigenvalue weighted by Crippen LogP contribution is -2.12. The van der Waals surface area contributed by atoms with Gasteiger partial charge in [-0.3, -0.25) is 4.79 Å². The Labute approximate surface area is 83.6 Å². The highest BCUT2D eigenvalue weighted by atomic mass is 16.4. The Balaban J connectivity index is 3.00. The van der Waals surface area contributed by atoms with Crippen LogP contribution in [0.2, 0.25) is 0 Å². The normalized spacial score (nSPS) is 12.4. The van der Waals surface area contributed by atoms with Crippen LogP contribution >= 0.6 is 0 Å². The molecule has 3 N–H and O–H groups in total. The van der Waals surface area contributed by atoms with Gasteiger partial charge in [-0.15, -0.1) is 0 Å². The predicted molar refractivity (Wildman–Crippen MR) is 55.3 cm³/mol. The van der Waals surface area contributed by atoms with Crippen molar-refractivity contribution in [1.29, 1.82) is 0 Å². The average Bonchev–Trinajstić information content (AvgIpc) is 2.18. The van der Waals surface area contributed by atoms with Crippen molar-refractivity contribution >= 4 is 5.97 Å². The van der Waals surface area contributed by atoms with E-state index < -0.39 is 11.9 Å². The van der Waals surface area contributed by atoms with Crippen LogP contribution in [0.3, 0.4) is 0 Å². The van der Waals surface area contributed by atoms with Crippen molar-refractivity contribution in [3.8, 4) is 0 Å². The second-order valence-electron chi connectivity index (χ2n) is 3.30. The van der Waals surface area contributed by atoms with Crippen LogP contribution in [0.1, 0.15) is 24.0 Å². The Morgan fingerprint density at radius 1 is 1.50 bits per heavy atom. The zero-order valence-corrected chi connectivity index (χ0v) is 8.23. The number of carboxylic acids is 1. The molecule has 0 bridgehead atoms. The van der Waals surface area contributed by atoms with Gasteiger partial charge in [-0.05, 0) is 31.0 Å². The maximum atomic E-state index is 10.8. The molecule has 0 saturated carbocycles. The monoisotopic (exact) mass is 193 g/mol. The van der Waals surface area contributed by atoms with Crippen LogP contribution in [-0.2, 0) is 11.2 Å². The van der Waals surface area contributed by atoms with E-state index in [9.17, 15) is 4.79 Å². The van der Waals surface area contributed by atoms with Crippen LogP contribution in [0.4, 0.5) is 0 Å². The molecular weight excluding hydrogens is 178 g/mol. The van der Waals surface area contributed by atoms with Crippen molar-refractivity contribution < 1.29 is 9.90 Å². The summed E-state index contributed by atoms with van der Waals surface area (Å²) in [5.74, 6) is -1.26. The van der Waals surface area contributed by atoms with Gasteiger partial charge in [-0.1, -0.05) is 24.3 Å². The lowest BCUT2D eigenvalue weighted by atomic mass is 9.94. The molecule has 1 rings (SSSR count). The number of carbonyl (C=O) groups is 1. The number of rotatable bonds is 4. The molecule has 3 heteroatoms. The summed E-state index contributed by atoms with van der Waals surface area (Å²) in [5.41, 5.74) is 7.36. The first-order valence-electron chi connectivity index (χ1n) is 4.67. The Hall–Kier alpha value is -1.35. The summed E-state index contributed by atoms with van der Waals surface area (Å²) in [4.78, 5) is 10.8. The fraction of sp³-hybridized carbons (Fsp3) is 0.364. The molecule has 0 aliphatic heterocycles. The molecule has 0 heterocycles. The second kappa shape index (κ2) is 4.77. The zero-order chi connectivity index (χ0) is 10.6. The van der Waals surface area contributed by atoms with E-state index >= 15 is 0 Å². The summed E-state index contributed by atoms with van der Waals surface area (Å²) >= 11 is 0. The van der Waals surface area contributed by atoms with Crippen LogP contribution in [0, 0.1) is 0 Å². The van der Waals surface area contributed by atoms with Gasteiger partial charge in [-0.25, -0.2) is 0 Å². The lowest BCUT2D eigenvalue weighted by Gasteiger charge is -2.11. The third-order valence-corrected chi connectivity index (χ3v) is 2.31. The third kappa shape index (κ3) is 2.33. The molecule has 0 amide bonds. The minimum absolute atomic E-state index is 0.460. The molecule has 1 unspecified atom stereocenters. The van der Waals surface area contributed by atoms with Crippen LogP contribution in [-0.4, -0.2) is 17.6 Å². The van der Waals surface area contributed by atoms with E-state index in [4.69, 9.17) is 10.8 Å². The van der Waals surface area contributed by atoms with Gasteiger partial charge < -0.3 is 10.8 Å². The lowest BCUT2D eigenvalue weighted by molar-refractivity contribution is -0.138. The van der Waals surface area contributed by atoms with Crippen molar-refractivity contribution in [3.63, 3.8) is 0 Å². The average molecular weight is 193 g/mol. The molecule has 0 spiro atoms. The summed E-state index contributed by atoms with van der Waals surface area (Å²) in [6, 6.07) is 7.54.